The quantitative estimate of drug-likeness (QED) is 0.731. The van der Waals surface area contributed by atoms with Gasteiger partial charge in [0.2, 0.25) is 17.7 Å². The molecule has 0 radical (unpaired) electrons. The largest absolute Gasteiger partial charge is 0.379 e. The van der Waals surface area contributed by atoms with Crippen LogP contribution in [0.2, 0.25) is 0 Å². The summed E-state index contributed by atoms with van der Waals surface area (Å²) >= 11 is 0. The average molecular weight is 379 g/mol. The maximum atomic E-state index is 12.5. The molecule has 2 fully saturated rings. The zero-order chi connectivity index (χ0) is 19.2. The highest BCUT2D eigenvalue weighted by Gasteiger charge is 2.30. The van der Waals surface area contributed by atoms with Gasteiger partial charge in [-0.2, -0.15) is 4.98 Å². The number of ether oxygens (including phenoxy) is 1. The SMILES string of the molecule is CC(C)c1noc(CNC(=O)[C@@H]2CCC(=O)N(CCN3CCOCC3)C2)n1. The predicted octanol–water partition coefficient (Wildman–Crippen LogP) is 0.380. The molecule has 0 spiro atoms. The van der Waals surface area contributed by atoms with Crippen molar-refractivity contribution in [3.05, 3.63) is 11.7 Å². The van der Waals surface area contributed by atoms with Crippen LogP contribution in [0.3, 0.4) is 0 Å². The number of morpholine rings is 1. The summed E-state index contributed by atoms with van der Waals surface area (Å²) in [4.78, 5) is 33.1. The molecule has 1 atom stereocenters. The van der Waals surface area contributed by atoms with Gasteiger partial charge in [0.25, 0.3) is 0 Å². The summed E-state index contributed by atoms with van der Waals surface area (Å²) in [6.45, 7) is 9.42. The minimum Gasteiger partial charge on any atom is -0.379 e. The van der Waals surface area contributed by atoms with Crippen LogP contribution in [-0.4, -0.2) is 77.7 Å². The Labute approximate surface area is 159 Å². The number of carbonyl (C=O) groups is 2. The van der Waals surface area contributed by atoms with Gasteiger partial charge in [-0.25, -0.2) is 0 Å². The molecule has 9 nitrogen and oxygen atoms in total. The molecular formula is C18H29N5O4. The Morgan fingerprint density at radius 2 is 2.07 bits per heavy atom. The third-order valence-corrected chi connectivity index (χ3v) is 5.07. The third kappa shape index (κ3) is 5.49. The first kappa shape index (κ1) is 19.8. The fourth-order valence-electron chi connectivity index (χ4n) is 3.31. The number of amides is 2. The fraction of sp³-hybridized carbons (Fsp3) is 0.778. The monoisotopic (exact) mass is 379 g/mol. The maximum absolute atomic E-state index is 12.5. The van der Waals surface area contributed by atoms with E-state index in [1.165, 1.54) is 0 Å². The van der Waals surface area contributed by atoms with Gasteiger partial charge < -0.3 is 19.5 Å². The molecule has 1 aromatic heterocycles. The number of rotatable bonds is 7. The Bertz CT molecular complexity index is 641. The minimum absolute atomic E-state index is 0.0665. The van der Waals surface area contributed by atoms with Crippen molar-refractivity contribution >= 4 is 11.8 Å². The predicted molar refractivity (Wildman–Crippen MR) is 96.8 cm³/mol. The molecule has 1 N–H and O–H groups in total. The first-order valence-electron chi connectivity index (χ1n) is 9.71. The summed E-state index contributed by atoms with van der Waals surface area (Å²) in [6, 6.07) is 0. The first-order chi connectivity index (χ1) is 13.0. The number of likely N-dealkylation sites (tertiary alicyclic amines) is 1. The summed E-state index contributed by atoms with van der Waals surface area (Å²) in [5.74, 6) is 1.09. The van der Waals surface area contributed by atoms with Crippen LogP contribution in [0.15, 0.2) is 4.52 Å². The Balaban J connectivity index is 1.45. The van der Waals surface area contributed by atoms with Crippen molar-refractivity contribution in [2.24, 2.45) is 5.92 Å². The summed E-state index contributed by atoms with van der Waals surface area (Å²) in [5.41, 5.74) is 0. The van der Waals surface area contributed by atoms with Gasteiger partial charge in [0.1, 0.15) is 0 Å². The lowest BCUT2D eigenvalue weighted by Gasteiger charge is -2.34. The first-order valence-corrected chi connectivity index (χ1v) is 9.71. The molecular weight excluding hydrogens is 350 g/mol. The van der Waals surface area contributed by atoms with Crippen LogP contribution in [0.1, 0.15) is 44.3 Å². The molecule has 2 saturated heterocycles. The molecule has 0 saturated carbocycles. The van der Waals surface area contributed by atoms with Crippen molar-refractivity contribution in [3.63, 3.8) is 0 Å². The smallest absolute Gasteiger partial charge is 0.246 e. The Morgan fingerprint density at radius 1 is 1.30 bits per heavy atom. The number of carbonyl (C=O) groups excluding carboxylic acids is 2. The standard InChI is InChI=1S/C18H29N5O4/c1-13(2)17-20-15(27-21-17)11-19-18(25)14-3-4-16(24)23(12-14)6-5-22-7-9-26-10-8-22/h13-14H,3-12H2,1-2H3,(H,19,25)/t14-/m1/s1. The van der Waals surface area contributed by atoms with Gasteiger partial charge >= 0.3 is 0 Å². The summed E-state index contributed by atoms with van der Waals surface area (Å²) in [7, 11) is 0. The molecule has 0 bridgehead atoms. The van der Waals surface area contributed by atoms with E-state index in [4.69, 9.17) is 9.26 Å². The normalized spacial score (nSPS) is 21.7. The molecule has 3 heterocycles. The van der Waals surface area contributed by atoms with E-state index in [1.54, 1.807) is 0 Å². The molecule has 3 rings (SSSR count). The van der Waals surface area contributed by atoms with Crippen LogP contribution in [0.5, 0.6) is 0 Å². The van der Waals surface area contributed by atoms with Gasteiger partial charge in [-0.05, 0) is 6.42 Å². The van der Waals surface area contributed by atoms with Gasteiger partial charge in [0.15, 0.2) is 5.82 Å². The van der Waals surface area contributed by atoms with Crippen molar-refractivity contribution in [1.82, 2.24) is 25.3 Å². The molecule has 27 heavy (non-hydrogen) atoms. The lowest BCUT2D eigenvalue weighted by Crippen LogP contribution is -2.49. The number of nitrogens with zero attached hydrogens (tertiary/aromatic N) is 4. The zero-order valence-electron chi connectivity index (χ0n) is 16.1. The summed E-state index contributed by atoms with van der Waals surface area (Å²) < 4.78 is 10.5. The molecule has 2 aliphatic rings. The number of hydrogen-bond donors (Lipinski definition) is 1. The third-order valence-electron chi connectivity index (χ3n) is 5.07. The van der Waals surface area contributed by atoms with Gasteiger partial charge in [0.05, 0.1) is 25.7 Å². The van der Waals surface area contributed by atoms with E-state index >= 15 is 0 Å². The number of nitrogens with one attached hydrogen (secondary N) is 1. The molecule has 2 amide bonds. The van der Waals surface area contributed by atoms with Crippen LogP contribution < -0.4 is 5.32 Å². The number of hydrogen-bond acceptors (Lipinski definition) is 7. The van der Waals surface area contributed by atoms with Crippen LogP contribution in [-0.2, 0) is 20.9 Å². The molecule has 0 aliphatic carbocycles. The second-order valence-electron chi connectivity index (χ2n) is 7.45. The van der Waals surface area contributed by atoms with Gasteiger partial charge in [0, 0.05) is 45.1 Å². The molecule has 0 unspecified atom stereocenters. The summed E-state index contributed by atoms with van der Waals surface area (Å²) in [5, 5.41) is 6.75. The van der Waals surface area contributed by atoms with Crippen LogP contribution in [0, 0.1) is 5.92 Å². The van der Waals surface area contributed by atoms with Crippen LogP contribution in [0.25, 0.3) is 0 Å². The molecule has 9 heteroatoms. The number of piperidine rings is 1. The van der Waals surface area contributed by atoms with Crippen LogP contribution >= 0.6 is 0 Å². The molecule has 1 aromatic rings. The fourth-order valence-corrected chi connectivity index (χ4v) is 3.31. The lowest BCUT2D eigenvalue weighted by atomic mass is 9.96. The van der Waals surface area contributed by atoms with E-state index in [0.29, 0.717) is 37.6 Å². The maximum Gasteiger partial charge on any atom is 0.246 e. The molecule has 2 aliphatic heterocycles. The molecule has 150 valence electrons. The summed E-state index contributed by atoms with van der Waals surface area (Å²) in [6.07, 6.45) is 0.999. The highest BCUT2D eigenvalue weighted by atomic mass is 16.5. The highest BCUT2D eigenvalue weighted by Crippen LogP contribution is 2.18. The second kappa shape index (κ2) is 9.27. The van der Waals surface area contributed by atoms with E-state index < -0.39 is 0 Å². The van der Waals surface area contributed by atoms with Gasteiger partial charge in [-0.3, -0.25) is 14.5 Å². The van der Waals surface area contributed by atoms with Gasteiger partial charge in [-0.15, -0.1) is 0 Å². The van der Waals surface area contributed by atoms with E-state index in [9.17, 15) is 9.59 Å². The highest BCUT2D eigenvalue weighted by molar-refractivity contribution is 5.83. The topological polar surface area (TPSA) is 101 Å². The lowest BCUT2D eigenvalue weighted by molar-refractivity contribution is -0.138. The Hall–Kier alpha value is -2.00. The van der Waals surface area contributed by atoms with E-state index in [0.717, 1.165) is 32.8 Å². The minimum atomic E-state index is -0.195. The van der Waals surface area contributed by atoms with Crippen molar-refractivity contribution in [2.75, 3.05) is 45.9 Å². The molecule has 0 aromatic carbocycles. The van der Waals surface area contributed by atoms with Crippen molar-refractivity contribution < 1.29 is 18.8 Å². The Kier molecular flexibility index (Phi) is 6.78. The van der Waals surface area contributed by atoms with Gasteiger partial charge in [-0.1, -0.05) is 19.0 Å². The second-order valence-corrected chi connectivity index (χ2v) is 7.45. The number of aromatic nitrogens is 2. The van der Waals surface area contributed by atoms with Crippen molar-refractivity contribution in [1.29, 1.82) is 0 Å². The average Bonchev–Trinajstić information content (AvgIpc) is 3.16. The Morgan fingerprint density at radius 3 is 2.78 bits per heavy atom. The van der Waals surface area contributed by atoms with Crippen molar-refractivity contribution in [2.45, 2.75) is 39.2 Å². The van der Waals surface area contributed by atoms with E-state index in [2.05, 4.69) is 20.4 Å². The van der Waals surface area contributed by atoms with E-state index in [-0.39, 0.29) is 30.2 Å². The van der Waals surface area contributed by atoms with E-state index in [1.807, 2.05) is 18.7 Å². The van der Waals surface area contributed by atoms with Crippen LogP contribution in [0.4, 0.5) is 0 Å². The zero-order valence-corrected chi connectivity index (χ0v) is 16.1. The van der Waals surface area contributed by atoms with Crippen molar-refractivity contribution in [3.8, 4) is 0 Å².